The summed E-state index contributed by atoms with van der Waals surface area (Å²) in [5.74, 6) is 1.22. The number of para-hydroxylation sites is 1. The van der Waals surface area contributed by atoms with E-state index < -0.39 is 0 Å². The maximum atomic E-state index is 11.6. The van der Waals surface area contributed by atoms with E-state index in [1.165, 1.54) is 18.7 Å². The quantitative estimate of drug-likeness (QED) is 0.447. The molecule has 0 unspecified atom stereocenters. The van der Waals surface area contributed by atoms with E-state index in [4.69, 9.17) is 4.74 Å². The largest absolute Gasteiger partial charge is 0.492 e. The van der Waals surface area contributed by atoms with E-state index in [-0.39, 0.29) is 5.78 Å². The number of carbonyl (C=O) groups excluding carboxylic acids is 1. The Labute approximate surface area is 146 Å². The molecular weight excluding hydrogens is 320 g/mol. The van der Waals surface area contributed by atoms with E-state index in [2.05, 4.69) is 11.1 Å². The second-order valence-electron chi connectivity index (χ2n) is 5.49. The number of ketones is 1. The molecule has 0 aliphatic rings. The second kappa shape index (κ2) is 7.98. The average Bonchev–Trinajstić information content (AvgIpc) is 2.57. The van der Waals surface area contributed by atoms with Crippen molar-refractivity contribution in [2.75, 3.05) is 12.4 Å². The molecule has 4 nitrogen and oxygen atoms in total. The van der Waals surface area contributed by atoms with E-state index >= 15 is 0 Å². The highest BCUT2D eigenvalue weighted by atomic mass is 32.2. The molecule has 0 spiro atoms. The van der Waals surface area contributed by atoms with Crippen LogP contribution in [0.1, 0.15) is 39.7 Å². The fourth-order valence-electron chi connectivity index (χ4n) is 2.32. The van der Waals surface area contributed by atoms with E-state index in [9.17, 15) is 10.1 Å². The molecule has 1 aromatic carbocycles. The minimum absolute atomic E-state index is 0.0172. The summed E-state index contributed by atoms with van der Waals surface area (Å²) in [4.78, 5) is 16.1. The average molecular weight is 340 g/mol. The highest BCUT2D eigenvalue weighted by molar-refractivity contribution is 7.99. The Kier molecular flexibility index (Phi) is 5.99. The van der Waals surface area contributed by atoms with Crippen molar-refractivity contribution in [3.63, 3.8) is 0 Å². The molecule has 0 aliphatic heterocycles. The Morgan fingerprint density at radius 2 is 1.96 bits per heavy atom. The van der Waals surface area contributed by atoms with Gasteiger partial charge in [0.05, 0.1) is 17.7 Å². The first-order chi connectivity index (χ1) is 11.5. The summed E-state index contributed by atoms with van der Waals surface area (Å²) < 4.78 is 5.73. The Hall–Kier alpha value is -2.32. The molecule has 0 atom stereocenters. The first-order valence-electron chi connectivity index (χ1n) is 7.69. The predicted octanol–water partition coefficient (Wildman–Crippen LogP) is 4.25. The number of pyridine rings is 1. The topological polar surface area (TPSA) is 63.0 Å². The SMILES string of the molecule is CC(=O)c1ccccc1OCCSc1nc(C)c(C)c(C)c1C#N. The second-order valence-corrected chi connectivity index (χ2v) is 6.57. The number of ether oxygens (including phenoxy) is 1. The van der Waals surface area contributed by atoms with Gasteiger partial charge in [0.1, 0.15) is 16.8 Å². The minimum Gasteiger partial charge on any atom is -0.492 e. The first-order valence-corrected chi connectivity index (χ1v) is 8.67. The van der Waals surface area contributed by atoms with Gasteiger partial charge in [0.25, 0.3) is 0 Å². The van der Waals surface area contributed by atoms with Gasteiger partial charge in [0.15, 0.2) is 5.78 Å². The summed E-state index contributed by atoms with van der Waals surface area (Å²) >= 11 is 1.50. The highest BCUT2D eigenvalue weighted by Crippen LogP contribution is 2.26. The fraction of sp³-hybridized carbons (Fsp3) is 0.316. The zero-order valence-electron chi connectivity index (χ0n) is 14.3. The number of benzene rings is 1. The van der Waals surface area contributed by atoms with Gasteiger partial charge < -0.3 is 4.74 Å². The Morgan fingerprint density at radius 1 is 1.25 bits per heavy atom. The number of carbonyl (C=O) groups is 1. The van der Waals surface area contributed by atoms with Crippen molar-refractivity contribution in [3.05, 3.63) is 52.2 Å². The first kappa shape index (κ1) is 18.0. The molecular formula is C19H20N2O2S. The number of nitriles is 1. The molecule has 0 radical (unpaired) electrons. The van der Waals surface area contributed by atoms with Crippen LogP contribution in [0.5, 0.6) is 5.75 Å². The number of nitrogens with zero attached hydrogens (tertiary/aromatic N) is 2. The monoisotopic (exact) mass is 340 g/mol. The molecule has 0 amide bonds. The van der Waals surface area contributed by atoms with Crippen molar-refractivity contribution in [3.8, 4) is 11.8 Å². The number of thioether (sulfide) groups is 1. The number of Topliss-reactive ketones (excluding diaryl/α,β-unsaturated/α-hetero) is 1. The molecule has 0 saturated carbocycles. The molecule has 2 aromatic rings. The van der Waals surface area contributed by atoms with Crippen LogP contribution in [0.4, 0.5) is 0 Å². The molecule has 24 heavy (non-hydrogen) atoms. The van der Waals surface area contributed by atoms with E-state index in [0.29, 0.717) is 29.2 Å². The molecule has 124 valence electrons. The van der Waals surface area contributed by atoms with E-state index in [0.717, 1.165) is 21.8 Å². The Balaban J connectivity index is 2.04. The third-order valence-corrected chi connectivity index (χ3v) is 4.86. The molecule has 0 aliphatic carbocycles. The summed E-state index contributed by atoms with van der Waals surface area (Å²) in [6.45, 7) is 7.85. The lowest BCUT2D eigenvalue weighted by Gasteiger charge is -2.12. The number of aromatic nitrogens is 1. The lowest BCUT2D eigenvalue weighted by atomic mass is 10.1. The molecule has 0 N–H and O–H groups in total. The van der Waals surface area contributed by atoms with Crippen LogP contribution in [-0.4, -0.2) is 23.1 Å². The van der Waals surface area contributed by atoms with Crippen LogP contribution in [0, 0.1) is 32.1 Å². The number of hydrogen-bond donors (Lipinski definition) is 0. The summed E-state index contributed by atoms with van der Waals surface area (Å²) in [5.41, 5.74) is 4.20. The lowest BCUT2D eigenvalue weighted by Crippen LogP contribution is -2.06. The molecule has 1 heterocycles. The Morgan fingerprint density at radius 3 is 2.62 bits per heavy atom. The van der Waals surface area contributed by atoms with Gasteiger partial charge in [-0.1, -0.05) is 12.1 Å². The van der Waals surface area contributed by atoms with E-state index in [1.54, 1.807) is 12.1 Å². The molecule has 0 fully saturated rings. The van der Waals surface area contributed by atoms with Crippen molar-refractivity contribution in [1.82, 2.24) is 4.98 Å². The van der Waals surface area contributed by atoms with Crippen molar-refractivity contribution in [2.45, 2.75) is 32.7 Å². The lowest BCUT2D eigenvalue weighted by molar-refractivity contribution is 0.101. The number of aryl methyl sites for hydroxylation is 1. The van der Waals surface area contributed by atoms with E-state index in [1.807, 2.05) is 32.9 Å². The fourth-order valence-corrected chi connectivity index (χ4v) is 3.23. The zero-order chi connectivity index (χ0) is 17.7. The summed E-state index contributed by atoms with van der Waals surface area (Å²) in [6.07, 6.45) is 0. The van der Waals surface area contributed by atoms with Gasteiger partial charge in [0.2, 0.25) is 0 Å². The van der Waals surface area contributed by atoms with Crippen LogP contribution in [0.15, 0.2) is 29.3 Å². The van der Waals surface area contributed by atoms with Crippen LogP contribution >= 0.6 is 11.8 Å². The van der Waals surface area contributed by atoms with Gasteiger partial charge in [-0.05, 0) is 51.0 Å². The van der Waals surface area contributed by atoms with Crippen molar-refractivity contribution in [2.24, 2.45) is 0 Å². The van der Waals surface area contributed by atoms with Crippen molar-refractivity contribution < 1.29 is 9.53 Å². The molecule has 0 saturated heterocycles. The van der Waals surface area contributed by atoms with Gasteiger partial charge in [0, 0.05) is 11.4 Å². The Bertz CT molecular complexity index is 810. The van der Waals surface area contributed by atoms with Crippen LogP contribution in [0.3, 0.4) is 0 Å². The minimum atomic E-state index is -0.0172. The molecule has 5 heteroatoms. The standard InChI is InChI=1S/C19H20N2O2S/c1-12-13(2)17(11-20)19(21-14(12)3)24-10-9-23-18-8-6-5-7-16(18)15(4)22/h5-8H,9-10H2,1-4H3. The smallest absolute Gasteiger partial charge is 0.163 e. The van der Waals surface area contributed by atoms with Crippen LogP contribution < -0.4 is 4.74 Å². The zero-order valence-corrected chi connectivity index (χ0v) is 15.2. The van der Waals surface area contributed by atoms with Gasteiger partial charge in [-0.2, -0.15) is 5.26 Å². The summed E-state index contributed by atoms with van der Waals surface area (Å²) in [6, 6.07) is 9.46. The van der Waals surface area contributed by atoms with Crippen molar-refractivity contribution in [1.29, 1.82) is 5.26 Å². The molecule has 1 aromatic heterocycles. The normalized spacial score (nSPS) is 10.3. The summed E-state index contributed by atoms with van der Waals surface area (Å²) in [5, 5.41) is 10.1. The molecule has 0 bridgehead atoms. The van der Waals surface area contributed by atoms with Crippen LogP contribution in [0.2, 0.25) is 0 Å². The van der Waals surface area contributed by atoms with Gasteiger partial charge in [-0.25, -0.2) is 4.98 Å². The third kappa shape index (κ3) is 3.95. The predicted molar refractivity (Wildman–Crippen MR) is 95.8 cm³/mol. The van der Waals surface area contributed by atoms with Crippen LogP contribution in [0.25, 0.3) is 0 Å². The van der Waals surface area contributed by atoms with Crippen LogP contribution in [-0.2, 0) is 0 Å². The number of hydrogen-bond acceptors (Lipinski definition) is 5. The van der Waals surface area contributed by atoms with Gasteiger partial charge >= 0.3 is 0 Å². The van der Waals surface area contributed by atoms with Crippen molar-refractivity contribution >= 4 is 17.5 Å². The molecule has 2 rings (SSSR count). The maximum Gasteiger partial charge on any atom is 0.163 e. The number of rotatable bonds is 6. The highest BCUT2D eigenvalue weighted by Gasteiger charge is 2.13. The van der Waals surface area contributed by atoms with Gasteiger partial charge in [-0.3, -0.25) is 4.79 Å². The maximum absolute atomic E-state index is 11.6. The van der Waals surface area contributed by atoms with Gasteiger partial charge in [-0.15, -0.1) is 11.8 Å². The third-order valence-electron chi connectivity index (χ3n) is 3.92. The summed E-state index contributed by atoms with van der Waals surface area (Å²) in [7, 11) is 0.